The van der Waals surface area contributed by atoms with E-state index >= 15 is 0 Å². The van der Waals surface area contributed by atoms with E-state index in [1.54, 1.807) is 0 Å². The molecule has 2 nitrogen and oxygen atoms in total. The summed E-state index contributed by atoms with van der Waals surface area (Å²) in [6.45, 7) is 4.40. The van der Waals surface area contributed by atoms with Crippen molar-refractivity contribution in [3.8, 4) is 0 Å². The number of hydrogen-bond donors (Lipinski definition) is 0. The quantitative estimate of drug-likeness (QED) is 0.259. The van der Waals surface area contributed by atoms with Crippen LogP contribution in [0.25, 0.3) is 0 Å². The number of rotatable bonds is 6. The zero-order valence-corrected chi connectivity index (χ0v) is 19.6. The first kappa shape index (κ1) is 21.5. The fourth-order valence-electron chi connectivity index (χ4n) is 4.43. The molecule has 0 aliphatic carbocycles. The Morgan fingerprint density at radius 3 is 0.824 bits per heavy atom. The second-order valence-corrected chi connectivity index (χ2v) is 8.44. The van der Waals surface area contributed by atoms with Crippen molar-refractivity contribution < 1.29 is 0 Å². The maximum atomic E-state index is 2.33. The van der Waals surface area contributed by atoms with Crippen LogP contribution in [0.5, 0.6) is 0 Å². The Morgan fingerprint density at radius 1 is 0.353 bits per heavy atom. The molecule has 0 atom stereocenters. The smallest absolute Gasteiger partial charge is 0.0494 e. The first-order valence-corrected chi connectivity index (χ1v) is 11.6. The second-order valence-electron chi connectivity index (χ2n) is 8.44. The van der Waals surface area contributed by atoms with Crippen molar-refractivity contribution >= 4 is 34.1 Å². The topological polar surface area (TPSA) is 6.48 Å². The number of para-hydroxylation sites is 4. The molecule has 2 heteroatoms. The molecule has 0 radical (unpaired) electrons. The molecule has 0 unspecified atom stereocenters. The first-order valence-electron chi connectivity index (χ1n) is 11.6. The molecule has 5 aromatic carbocycles. The zero-order chi connectivity index (χ0) is 23.3. The number of hydrogen-bond acceptors (Lipinski definition) is 2. The highest BCUT2D eigenvalue weighted by Crippen LogP contribution is 2.42. The SMILES string of the molecule is Cc1cc(N(c2ccccc2)c2ccccc2)c(C)cc1N(c1ccccc1)c1ccccc1. The molecule has 34 heavy (non-hydrogen) atoms. The van der Waals surface area contributed by atoms with E-state index in [9.17, 15) is 0 Å². The molecule has 0 amide bonds. The van der Waals surface area contributed by atoms with E-state index < -0.39 is 0 Å². The predicted octanol–water partition coefficient (Wildman–Crippen LogP) is 9.24. The Morgan fingerprint density at radius 2 is 0.588 bits per heavy atom. The largest absolute Gasteiger partial charge is 0.310 e. The fourth-order valence-corrected chi connectivity index (χ4v) is 4.43. The number of anilines is 6. The van der Waals surface area contributed by atoms with Crippen LogP contribution in [0.4, 0.5) is 34.1 Å². The summed E-state index contributed by atoms with van der Waals surface area (Å²) < 4.78 is 0. The molecular formula is C32H28N2. The van der Waals surface area contributed by atoms with E-state index in [1.807, 2.05) is 0 Å². The van der Waals surface area contributed by atoms with E-state index in [1.165, 1.54) is 22.5 Å². The van der Waals surface area contributed by atoms with Crippen molar-refractivity contribution in [1.29, 1.82) is 0 Å². The van der Waals surface area contributed by atoms with E-state index in [2.05, 4.69) is 157 Å². The minimum Gasteiger partial charge on any atom is -0.310 e. The molecule has 0 saturated heterocycles. The van der Waals surface area contributed by atoms with Gasteiger partial charge < -0.3 is 9.80 Å². The van der Waals surface area contributed by atoms with Gasteiger partial charge in [-0.3, -0.25) is 0 Å². The van der Waals surface area contributed by atoms with Crippen LogP contribution in [0.3, 0.4) is 0 Å². The molecular weight excluding hydrogens is 412 g/mol. The van der Waals surface area contributed by atoms with E-state index in [4.69, 9.17) is 0 Å². The van der Waals surface area contributed by atoms with Gasteiger partial charge in [-0.1, -0.05) is 72.8 Å². The lowest BCUT2D eigenvalue weighted by Gasteiger charge is -2.31. The van der Waals surface area contributed by atoms with Crippen LogP contribution in [0.2, 0.25) is 0 Å². The summed E-state index contributed by atoms with van der Waals surface area (Å²) in [5.74, 6) is 0. The van der Waals surface area contributed by atoms with Gasteiger partial charge in [0.05, 0.1) is 0 Å². The Kier molecular flexibility index (Phi) is 6.13. The number of aryl methyl sites for hydroxylation is 2. The molecule has 0 fully saturated rings. The van der Waals surface area contributed by atoms with Gasteiger partial charge in [-0.25, -0.2) is 0 Å². The summed E-state index contributed by atoms with van der Waals surface area (Å²) in [5.41, 5.74) is 9.37. The Bertz CT molecular complexity index is 1160. The van der Waals surface area contributed by atoms with Crippen LogP contribution in [0.1, 0.15) is 11.1 Å². The highest BCUT2D eigenvalue weighted by molar-refractivity contribution is 5.84. The number of benzene rings is 5. The van der Waals surface area contributed by atoms with Crippen molar-refractivity contribution in [2.45, 2.75) is 13.8 Å². The third kappa shape index (κ3) is 4.31. The fraction of sp³-hybridized carbons (Fsp3) is 0.0625. The molecule has 5 rings (SSSR count). The normalized spacial score (nSPS) is 10.6. The maximum Gasteiger partial charge on any atom is 0.0494 e. The lowest BCUT2D eigenvalue weighted by molar-refractivity contribution is 1.20. The molecule has 5 aromatic rings. The highest BCUT2D eigenvalue weighted by Gasteiger charge is 2.19. The predicted molar refractivity (Wildman–Crippen MR) is 145 cm³/mol. The monoisotopic (exact) mass is 440 g/mol. The van der Waals surface area contributed by atoms with Gasteiger partial charge in [0, 0.05) is 34.1 Å². The summed E-state index contributed by atoms with van der Waals surface area (Å²) in [7, 11) is 0. The van der Waals surface area contributed by atoms with Crippen molar-refractivity contribution in [3.05, 3.63) is 145 Å². The molecule has 0 heterocycles. The van der Waals surface area contributed by atoms with Gasteiger partial charge in [0.1, 0.15) is 0 Å². The molecule has 0 N–H and O–H groups in total. The first-order chi connectivity index (χ1) is 16.7. The van der Waals surface area contributed by atoms with Gasteiger partial charge in [-0.15, -0.1) is 0 Å². The van der Waals surface area contributed by atoms with Crippen LogP contribution in [-0.4, -0.2) is 0 Å². The van der Waals surface area contributed by atoms with Crippen LogP contribution in [0, 0.1) is 13.8 Å². The van der Waals surface area contributed by atoms with Gasteiger partial charge in [-0.05, 0) is 85.6 Å². The Balaban J connectivity index is 1.67. The summed E-state index contributed by atoms with van der Waals surface area (Å²) in [5, 5.41) is 0. The van der Waals surface area contributed by atoms with E-state index in [0.29, 0.717) is 0 Å². The molecule has 166 valence electrons. The average Bonchev–Trinajstić information content (AvgIpc) is 2.90. The lowest BCUT2D eigenvalue weighted by atomic mass is 10.0. The Labute approximate surface area is 202 Å². The van der Waals surface area contributed by atoms with Crippen LogP contribution < -0.4 is 9.80 Å². The Hall–Kier alpha value is -4.30. The summed E-state index contributed by atoms with van der Waals surface area (Å²) >= 11 is 0. The van der Waals surface area contributed by atoms with Crippen molar-refractivity contribution in [3.63, 3.8) is 0 Å². The average molecular weight is 441 g/mol. The van der Waals surface area contributed by atoms with Crippen LogP contribution >= 0.6 is 0 Å². The minimum atomic E-state index is 1.15. The third-order valence-electron chi connectivity index (χ3n) is 6.05. The lowest BCUT2D eigenvalue weighted by Crippen LogP contribution is -2.14. The highest BCUT2D eigenvalue weighted by atomic mass is 15.2. The van der Waals surface area contributed by atoms with Gasteiger partial charge in [0.15, 0.2) is 0 Å². The standard InChI is InChI=1S/C32H28N2/c1-25-23-32(34(29-19-11-5-12-20-29)30-21-13-6-14-22-30)26(2)24-31(25)33(27-15-7-3-8-16-27)28-17-9-4-10-18-28/h3-24H,1-2H3. The number of nitrogens with zero attached hydrogens (tertiary/aromatic N) is 2. The van der Waals surface area contributed by atoms with Crippen molar-refractivity contribution in [2.24, 2.45) is 0 Å². The van der Waals surface area contributed by atoms with Crippen molar-refractivity contribution in [1.82, 2.24) is 0 Å². The summed E-state index contributed by atoms with van der Waals surface area (Å²) in [6.07, 6.45) is 0. The molecule has 0 aromatic heterocycles. The maximum absolute atomic E-state index is 2.33. The van der Waals surface area contributed by atoms with Gasteiger partial charge in [0.25, 0.3) is 0 Å². The molecule has 0 bridgehead atoms. The van der Waals surface area contributed by atoms with Gasteiger partial charge in [0.2, 0.25) is 0 Å². The van der Waals surface area contributed by atoms with Crippen LogP contribution in [-0.2, 0) is 0 Å². The third-order valence-corrected chi connectivity index (χ3v) is 6.05. The van der Waals surface area contributed by atoms with E-state index in [0.717, 1.165) is 22.7 Å². The molecule has 0 aliphatic rings. The summed E-state index contributed by atoms with van der Waals surface area (Å²) in [6, 6.07) is 46.9. The van der Waals surface area contributed by atoms with Gasteiger partial charge in [-0.2, -0.15) is 0 Å². The van der Waals surface area contributed by atoms with Gasteiger partial charge >= 0.3 is 0 Å². The van der Waals surface area contributed by atoms with Crippen molar-refractivity contribution in [2.75, 3.05) is 9.80 Å². The van der Waals surface area contributed by atoms with Crippen LogP contribution in [0.15, 0.2) is 133 Å². The zero-order valence-electron chi connectivity index (χ0n) is 19.6. The summed E-state index contributed by atoms with van der Waals surface area (Å²) in [4.78, 5) is 4.67. The molecule has 0 aliphatic heterocycles. The molecule has 0 spiro atoms. The minimum absolute atomic E-state index is 1.15. The van der Waals surface area contributed by atoms with E-state index in [-0.39, 0.29) is 0 Å². The second kappa shape index (κ2) is 9.68. The molecule has 0 saturated carbocycles.